The largest absolute Gasteiger partial charge is 0.489 e. The maximum atomic E-state index is 11.6. The van der Waals surface area contributed by atoms with Gasteiger partial charge in [0.05, 0.1) is 12.2 Å². The first-order valence-corrected chi connectivity index (χ1v) is 8.12. The molecule has 0 aliphatic rings. The van der Waals surface area contributed by atoms with Crippen LogP contribution in [-0.4, -0.2) is 12.6 Å². The summed E-state index contributed by atoms with van der Waals surface area (Å²) >= 11 is 0. The molecule has 4 heteroatoms. The number of aryl methyl sites for hydroxylation is 1. The minimum atomic E-state index is -0.391. The summed E-state index contributed by atoms with van der Waals surface area (Å²) < 4.78 is 11.0. The zero-order valence-corrected chi connectivity index (χ0v) is 14.0. The summed E-state index contributed by atoms with van der Waals surface area (Å²) in [5.74, 6) is 0.229. The molecule has 2 aromatic rings. The SMILES string of the molecule is CCC(=O)Oc1c(C#N)cccc1OCCc1ccc(CC)cc1. The average Bonchev–Trinajstić information content (AvgIpc) is 2.63. The van der Waals surface area contributed by atoms with Crippen molar-refractivity contribution in [2.75, 3.05) is 6.61 Å². The van der Waals surface area contributed by atoms with Crippen LogP contribution in [-0.2, 0) is 17.6 Å². The van der Waals surface area contributed by atoms with Gasteiger partial charge in [-0.05, 0) is 29.7 Å². The third kappa shape index (κ3) is 4.60. The predicted molar refractivity (Wildman–Crippen MR) is 92.1 cm³/mol. The van der Waals surface area contributed by atoms with Crippen molar-refractivity contribution in [2.45, 2.75) is 33.1 Å². The number of hydrogen-bond acceptors (Lipinski definition) is 4. The number of rotatable bonds is 7. The smallest absolute Gasteiger partial charge is 0.311 e. The topological polar surface area (TPSA) is 59.3 Å². The Labute approximate surface area is 142 Å². The molecular formula is C20H21NO3. The van der Waals surface area contributed by atoms with Crippen LogP contribution in [0, 0.1) is 11.3 Å². The zero-order chi connectivity index (χ0) is 17.4. The predicted octanol–water partition coefficient (Wildman–Crippen LogP) is 4.06. The quantitative estimate of drug-likeness (QED) is 0.569. The zero-order valence-electron chi connectivity index (χ0n) is 14.0. The molecule has 0 aliphatic carbocycles. The fourth-order valence-electron chi connectivity index (χ4n) is 2.23. The Balaban J connectivity index is 2.05. The maximum Gasteiger partial charge on any atom is 0.311 e. The first-order valence-electron chi connectivity index (χ1n) is 8.12. The monoisotopic (exact) mass is 323 g/mol. The highest BCUT2D eigenvalue weighted by Crippen LogP contribution is 2.31. The Bertz CT molecular complexity index is 730. The van der Waals surface area contributed by atoms with Crippen molar-refractivity contribution in [3.8, 4) is 17.6 Å². The number of nitriles is 1. The molecule has 0 saturated heterocycles. The van der Waals surface area contributed by atoms with Crippen LogP contribution < -0.4 is 9.47 Å². The van der Waals surface area contributed by atoms with Crippen molar-refractivity contribution in [1.29, 1.82) is 5.26 Å². The van der Waals surface area contributed by atoms with Crippen LogP contribution in [0.1, 0.15) is 37.0 Å². The van der Waals surface area contributed by atoms with Gasteiger partial charge in [0.15, 0.2) is 11.5 Å². The van der Waals surface area contributed by atoms with Gasteiger partial charge in [-0.25, -0.2) is 0 Å². The van der Waals surface area contributed by atoms with Gasteiger partial charge in [0.2, 0.25) is 0 Å². The minimum Gasteiger partial charge on any atom is -0.489 e. The summed E-state index contributed by atoms with van der Waals surface area (Å²) in [6.07, 6.45) is 1.99. The van der Waals surface area contributed by atoms with Gasteiger partial charge >= 0.3 is 5.97 Å². The van der Waals surface area contributed by atoms with E-state index < -0.39 is 5.97 Å². The van der Waals surface area contributed by atoms with Gasteiger partial charge in [0.25, 0.3) is 0 Å². The molecule has 0 saturated carbocycles. The van der Waals surface area contributed by atoms with Gasteiger partial charge < -0.3 is 9.47 Å². The highest BCUT2D eigenvalue weighted by atomic mass is 16.6. The fraction of sp³-hybridized carbons (Fsp3) is 0.300. The molecule has 2 rings (SSSR count). The van der Waals surface area contributed by atoms with Crippen molar-refractivity contribution in [3.05, 3.63) is 59.2 Å². The Morgan fingerprint density at radius 1 is 1.08 bits per heavy atom. The van der Waals surface area contributed by atoms with E-state index in [0.717, 1.165) is 12.8 Å². The summed E-state index contributed by atoms with van der Waals surface area (Å²) in [4.78, 5) is 11.6. The van der Waals surface area contributed by atoms with Crippen LogP contribution in [0.5, 0.6) is 11.5 Å². The van der Waals surface area contributed by atoms with Crippen LogP contribution in [0.2, 0.25) is 0 Å². The Morgan fingerprint density at radius 3 is 2.42 bits per heavy atom. The number of nitrogens with zero attached hydrogens (tertiary/aromatic N) is 1. The van der Waals surface area contributed by atoms with E-state index in [1.165, 1.54) is 11.1 Å². The van der Waals surface area contributed by atoms with Crippen molar-refractivity contribution in [2.24, 2.45) is 0 Å². The second-order valence-corrected chi connectivity index (χ2v) is 5.34. The Kier molecular flexibility index (Phi) is 6.39. The second kappa shape index (κ2) is 8.73. The number of carbonyl (C=O) groups is 1. The molecule has 24 heavy (non-hydrogen) atoms. The van der Waals surface area contributed by atoms with Crippen LogP contribution in [0.3, 0.4) is 0 Å². The molecule has 0 amide bonds. The number of esters is 1. The van der Waals surface area contributed by atoms with E-state index in [4.69, 9.17) is 9.47 Å². The lowest BCUT2D eigenvalue weighted by Gasteiger charge is -2.12. The number of ether oxygens (including phenoxy) is 2. The lowest BCUT2D eigenvalue weighted by molar-refractivity contribution is -0.134. The maximum absolute atomic E-state index is 11.6. The van der Waals surface area contributed by atoms with E-state index in [9.17, 15) is 10.1 Å². The normalized spacial score (nSPS) is 10.0. The van der Waals surface area contributed by atoms with Crippen LogP contribution in [0.15, 0.2) is 42.5 Å². The average molecular weight is 323 g/mol. The van der Waals surface area contributed by atoms with Gasteiger partial charge in [-0.1, -0.05) is 44.2 Å². The molecule has 0 N–H and O–H groups in total. The molecule has 0 radical (unpaired) electrons. The summed E-state index contributed by atoms with van der Waals surface area (Å²) in [7, 11) is 0. The number of para-hydroxylation sites is 1. The van der Waals surface area contributed by atoms with E-state index >= 15 is 0 Å². The molecule has 0 atom stereocenters. The van der Waals surface area contributed by atoms with Crippen molar-refractivity contribution in [3.63, 3.8) is 0 Å². The van der Waals surface area contributed by atoms with E-state index in [-0.39, 0.29) is 12.2 Å². The molecule has 0 aliphatic heterocycles. The number of hydrogen-bond donors (Lipinski definition) is 0. The molecule has 0 fully saturated rings. The highest BCUT2D eigenvalue weighted by molar-refractivity contribution is 5.74. The third-order valence-electron chi connectivity index (χ3n) is 3.68. The van der Waals surface area contributed by atoms with E-state index in [2.05, 4.69) is 31.2 Å². The molecular weight excluding hydrogens is 302 g/mol. The number of carbonyl (C=O) groups excluding carboxylic acids is 1. The van der Waals surface area contributed by atoms with Crippen molar-refractivity contribution >= 4 is 5.97 Å². The molecule has 0 spiro atoms. The molecule has 4 nitrogen and oxygen atoms in total. The molecule has 0 aromatic heterocycles. The lowest BCUT2D eigenvalue weighted by atomic mass is 10.1. The first-order chi connectivity index (χ1) is 11.7. The minimum absolute atomic E-state index is 0.202. The Hall–Kier alpha value is -2.80. The summed E-state index contributed by atoms with van der Waals surface area (Å²) in [5, 5.41) is 9.18. The van der Waals surface area contributed by atoms with Crippen LogP contribution in [0.25, 0.3) is 0 Å². The van der Waals surface area contributed by atoms with E-state index in [1.807, 2.05) is 6.07 Å². The van der Waals surface area contributed by atoms with Gasteiger partial charge in [0.1, 0.15) is 6.07 Å². The van der Waals surface area contributed by atoms with Crippen LogP contribution in [0.4, 0.5) is 0 Å². The first kappa shape index (κ1) is 17.6. The van der Waals surface area contributed by atoms with Crippen LogP contribution >= 0.6 is 0 Å². The van der Waals surface area contributed by atoms with E-state index in [1.54, 1.807) is 25.1 Å². The van der Waals surface area contributed by atoms with E-state index in [0.29, 0.717) is 17.9 Å². The van der Waals surface area contributed by atoms with Gasteiger partial charge in [-0.15, -0.1) is 0 Å². The Morgan fingerprint density at radius 2 is 1.79 bits per heavy atom. The van der Waals surface area contributed by atoms with Gasteiger partial charge in [-0.2, -0.15) is 5.26 Å². The summed E-state index contributed by atoms with van der Waals surface area (Å²) in [6.45, 7) is 4.27. The fourth-order valence-corrected chi connectivity index (χ4v) is 2.23. The number of benzene rings is 2. The summed E-state index contributed by atoms with van der Waals surface area (Å²) in [6, 6.07) is 15.5. The molecule has 2 aromatic carbocycles. The summed E-state index contributed by atoms with van der Waals surface area (Å²) in [5.41, 5.74) is 2.77. The van der Waals surface area contributed by atoms with Gasteiger partial charge in [0, 0.05) is 12.8 Å². The second-order valence-electron chi connectivity index (χ2n) is 5.34. The molecule has 0 bridgehead atoms. The molecule has 0 heterocycles. The lowest BCUT2D eigenvalue weighted by Crippen LogP contribution is -2.09. The van der Waals surface area contributed by atoms with Gasteiger partial charge in [-0.3, -0.25) is 4.79 Å². The van der Waals surface area contributed by atoms with Crippen molar-refractivity contribution in [1.82, 2.24) is 0 Å². The standard InChI is InChI=1S/C20H21NO3/c1-3-15-8-10-16(11-9-15)12-13-23-18-7-5-6-17(14-21)20(18)24-19(22)4-2/h5-11H,3-4,12-13H2,1-2H3. The molecule has 0 unspecified atom stereocenters. The highest BCUT2D eigenvalue weighted by Gasteiger charge is 2.14. The third-order valence-corrected chi connectivity index (χ3v) is 3.68. The van der Waals surface area contributed by atoms with Crippen molar-refractivity contribution < 1.29 is 14.3 Å². The molecule has 124 valence electrons.